The standard InChI is InChI=1S/C13H13ClF3N3/c1-7(15)10-5-13(16,17)6-20(10)12-11-8(14)3-2-4-9(11)18-19-12/h2-4,7,10H,5-6H2,1H3,(H,18,19)/t7?,10-/m0/s1. The average Bonchev–Trinajstić information content (AvgIpc) is 2.90. The van der Waals surface area contributed by atoms with Crippen molar-refractivity contribution in [1.29, 1.82) is 0 Å². The Kier molecular flexibility index (Phi) is 3.08. The molecule has 0 radical (unpaired) electrons. The molecule has 1 unspecified atom stereocenters. The molecular weight excluding hydrogens is 291 g/mol. The summed E-state index contributed by atoms with van der Waals surface area (Å²) in [6.45, 7) is 0.743. The van der Waals surface area contributed by atoms with Crippen molar-refractivity contribution in [3.05, 3.63) is 23.2 Å². The molecule has 1 aromatic heterocycles. The molecule has 1 aromatic carbocycles. The van der Waals surface area contributed by atoms with Crippen LogP contribution in [0.2, 0.25) is 5.02 Å². The Morgan fingerprint density at radius 1 is 1.50 bits per heavy atom. The second-order valence-corrected chi connectivity index (χ2v) is 5.55. The van der Waals surface area contributed by atoms with Gasteiger partial charge < -0.3 is 4.90 Å². The Hall–Kier alpha value is -1.43. The summed E-state index contributed by atoms with van der Waals surface area (Å²) >= 11 is 6.11. The Morgan fingerprint density at radius 2 is 2.25 bits per heavy atom. The van der Waals surface area contributed by atoms with Crippen LogP contribution in [0.15, 0.2) is 18.2 Å². The molecule has 1 saturated heterocycles. The van der Waals surface area contributed by atoms with E-state index in [2.05, 4.69) is 10.2 Å². The number of nitrogens with one attached hydrogen (secondary N) is 1. The van der Waals surface area contributed by atoms with Crippen molar-refractivity contribution >= 4 is 28.3 Å². The number of alkyl halides is 3. The van der Waals surface area contributed by atoms with Gasteiger partial charge in [0.2, 0.25) is 0 Å². The molecule has 20 heavy (non-hydrogen) atoms. The van der Waals surface area contributed by atoms with E-state index < -0.39 is 31.1 Å². The molecule has 0 aliphatic carbocycles. The van der Waals surface area contributed by atoms with Crippen molar-refractivity contribution in [3.8, 4) is 0 Å². The lowest BCUT2D eigenvalue weighted by molar-refractivity contribution is 0.0195. The monoisotopic (exact) mass is 303 g/mol. The maximum absolute atomic E-state index is 13.6. The second-order valence-electron chi connectivity index (χ2n) is 5.14. The molecule has 7 heteroatoms. The highest BCUT2D eigenvalue weighted by atomic mass is 35.5. The molecule has 2 aromatic rings. The zero-order valence-corrected chi connectivity index (χ0v) is 11.5. The van der Waals surface area contributed by atoms with Crippen LogP contribution in [0.3, 0.4) is 0 Å². The number of aromatic amines is 1. The topological polar surface area (TPSA) is 31.9 Å². The van der Waals surface area contributed by atoms with E-state index in [0.717, 1.165) is 0 Å². The summed E-state index contributed by atoms with van der Waals surface area (Å²) in [5.74, 6) is -2.63. The van der Waals surface area contributed by atoms with Gasteiger partial charge >= 0.3 is 0 Å². The van der Waals surface area contributed by atoms with E-state index in [4.69, 9.17) is 11.6 Å². The molecule has 3 rings (SSSR count). The van der Waals surface area contributed by atoms with Gasteiger partial charge in [0.05, 0.1) is 28.5 Å². The van der Waals surface area contributed by atoms with Crippen LogP contribution in [0.1, 0.15) is 13.3 Å². The first-order valence-corrected chi connectivity index (χ1v) is 6.68. The fraction of sp³-hybridized carbons (Fsp3) is 0.462. The minimum absolute atomic E-state index is 0.289. The lowest BCUT2D eigenvalue weighted by Gasteiger charge is -2.25. The first-order chi connectivity index (χ1) is 9.39. The predicted molar refractivity (Wildman–Crippen MR) is 72.4 cm³/mol. The van der Waals surface area contributed by atoms with Gasteiger partial charge in [-0.2, -0.15) is 5.10 Å². The zero-order chi connectivity index (χ0) is 14.5. The number of halogens is 4. The van der Waals surface area contributed by atoms with E-state index in [1.165, 1.54) is 11.8 Å². The van der Waals surface area contributed by atoms with Gasteiger partial charge in [-0.15, -0.1) is 0 Å². The number of H-pyrrole nitrogens is 1. The van der Waals surface area contributed by atoms with E-state index in [1.807, 2.05) is 0 Å². The number of anilines is 1. The third-order valence-corrected chi connectivity index (χ3v) is 3.95. The van der Waals surface area contributed by atoms with Crippen LogP contribution < -0.4 is 4.90 Å². The molecule has 1 aliphatic heterocycles. The van der Waals surface area contributed by atoms with Gasteiger partial charge in [-0.3, -0.25) is 5.10 Å². The van der Waals surface area contributed by atoms with Gasteiger partial charge in [0.15, 0.2) is 5.82 Å². The molecule has 0 amide bonds. The molecule has 2 atom stereocenters. The van der Waals surface area contributed by atoms with E-state index >= 15 is 0 Å². The fourth-order valence-electron chi connectivity index (χ4n) is 2.71. The summed E-state index contributed by atoms with van der Waals surface area (Å²) < 4.78 is 40.9. The van der Waals surface area contributed by atoms with Gasteiger partial charge in [-0.1, -0.05) is 17.7 Å². The quantitative estimate of drug-likeness (QED) is 0.915. The fourth-order valence-corrected chi connectivity index (χ4v) is 2.97. The van der Waals surface area contributed by atoms with Crippen molar-refractivity contribution in [2.75, 3.05) is 11.4 Å². The number of nitrogens with zero attached hydrogens (tertiary/aromatic N) is 2. The van der Waals surface area contributed by atoms with E-state index in [-0.39, 0.29) is 5.82 Å². The van der Waals surface area contributed by atoms with Crippen LogP contribution >= 0.6 is 11.6 Å². The van der Waals surface area contributed by atoms with Crippen LogP contribution in [0.4, 0.5) is 19.0 Å². The lowest BCUT2D eigenvalue weighted by Crippen LogP contribution is -2.36. The largest absolute Gasteiger partial charge is 0.342 e. The molecular formula is C13H13ClF3N3. The number of rotatable bonds is 2. The van der Waals surface area contributed by atoms with Crippen molar-refractivity contribution in [3.63, 3.8) is 0 Å². The summed E-state index contributed by atoms with van der Waals surface area (Å²) in [5.41, 5.74) is 0.646. The number of hydrogen-bond donors (Lipinski definition) is 1. The van der Waals surface area contributed by atoms with Crippen LogP contribution in [-0.2, 0) is 0 Å². The number of hydrogen-bond acceptors (Lipinski definition) is 2. The van der Waals surface area contributed by atoms with Gasteiger partial charge in [0, 0.05) is 6.42 Å². The first-order valence-electron chi connectivity index (χ1n) is 6.30. The first kappa shape index (κ1) is 13.5. The van der Waals surface area contributed by atoms with Crippen molar-refractivity contribution in [2.45, 2.75) is 31.5 Å². The third kappa shape index (κ3) is 2.12. The highest BCUT2D eigenvalue weighted by molar-refractivity contribution is 6.36. The molecule has 1 aliphatic rings. The van der Waals surface area contributed by atoms with Gasteiger partial charge in [-0.25, -0.2) is 13.2 Å². The number of fused-ring (bicyclic) bond motifs is 1. The minimum Gasteiger partial charge on any atom is -0.342 e. The molecule has 1 N–H and O–H groups in total. The van der Waals surface area contributed by atoms with Crippen molar-refractivity contribution in [1.82, 2.24) is 10.2 Å². The molecule has 1 fully saturated rings. The minimum atomic E-state index is -2.92. The second kappa shape index (κ2) is 4.55. The summed E-state index contributed by atoms with van der Waals surface area (Å²) in [4.78, 5) is 1.31. The van der Waals surface area contributed by atoms with Gasteiger partial charge in [0.25, 0.3) is 5.92 Å². The SMILES string of the molecule is CC(F)[C@@H]1CC(F)(F)CN1c1n[nH]c2cccc(Cl)c12. The number of benzene rings is 1. The summed E-state index contributed by atoms with van der Waals surface area (Å²) in [5, 5.41) is 7.76. The molecule has 0 saturated carbocycles. The number of aromatic nitrogens is 2. The highest BCUT2D eigenvalue weighted by Gasteiger charge is 2.48. The van der Waals surface area contributed by atoms with Crippen LogP contribution in [0.5, 0.6) is 0 Å². The molecule has 0 spiro atoms. The lowest BCUT2D eigenvalue weighted by atomic mass is 10.1. The normalized spacial score (nSPS) is 23.4. The molecule has 0 bridgehead atoms. The molecule has 3 nitrogen and oxygen atoms in total. The van der Waals surface area contributed by atoms with E-state index in [9.17, 15) is 13.2 Å². The highest BCUT2D eigenvalue weighted by Crippen LogP contribution is 2.40. The smallest absolute Gasteiger partial charge is 0.267 e. The van der Waals surface area contributed by atoms with E-state index in [1.54, 1.807) is 18.2 Å². The third-order valence-electron chi connectivity index (χ3n) is 3.63. The summed E-state index contributed by atoms with van der Waals surface area (Å²) in [6.07, 6.45) is -1.89. The maximum Gasteiger partial charge on any atom is 0.267 e. The molecule has 2 heterocycles. The van der Waals surface area contributed by atoms with E-state index in [0.29, 0.717) is 15.9 Å². The van der Waals surface area contributed by atoms with Crippen molar-refractivity contribution < 1.29 is 13.2 Å². The Labute approximate surface area is 118 Å². The predicted octanol–water partition coefficient (Wildman–Crippen LogP) is 3.79. The van der Waals surface area contributed by atoms with Crippen LogP contribution in [0, 0.1) is 0 Å². The molecule has 108 valence electrons. The summed E-state index contributed by atoms with van der Waals surface area (Å²) in [6, 6.07) is 4.25. The average molecular weight is 304 g/mol. The van der Waals surface area contributed by atoms with Crippen LogP contribution in [0.25, 0.3) is 10.9 Å². The Bertz CT molecular complexity index is 641. The maximum atomic E-state index is 13.6. The van der Waals surface area contributed by atoms with Gasteiger partial charge in [-0.05, 0) is 19.1 Å². The Balaban J connectivity index is 2.10. The van der Waals surface area contributed by atoms with Crippen LogP contribution in [-0.4, -0.2) is 34.9 Å². The van der Waals surface area contributed by atoms with Gasteiger partial charge in [0.1, 0.15) is 6.17 Å². The van der Waals surface area contributed by atoms with Crippen molar-refractivity contribution in [2.24, 2.45) is 0 Å². The zero-order valence-electron chi connectivity index (χ0n) is 10.7. The summed E-state index contributed by atoms with van der Waals surface area (Å²) in [7, 11) is 0. The Morgan fingerprint density at radius 3 is 2.95 bits per heavy atom.